The molecule has 0 radical (unpaired) electrons. The first-order chi connectivity index (χ1) is 5.11. The van der Waals surface area contributed by atoms with Crippen LogP contribution < -0.4 is 0 Å². The van der Waals surface area contributed by atoms with Crippen molar-refractivity contribution in [2.45, 2.75) is 25.6 Å². The fourth-order valence-corrected chi connectivity index (χ4v) is 1.31. The van der Waals surface area contributed by atoms with Crippen molar-refractivity contribution in [3.05, 3.63) is 0 Å². The zero-order valence-corrected chi connectivity index (χ0v) is 6.36. The van der Waals surface area contributed by atoms with E-state index in [0.29, 0.717) is 0 Å². The van der Waals surface area contributed by atoms with Crippen LogP contribution in [0.2, 0.25) is 0 Å². The van der Waals surface area contributed by atoms with Crippen LogP contribution in [0.15, 0.2) is 0 Å². The van der Waals surface area contributed by atoms with E-state index in [2.05, 4.69) is 0 Å². The molecule has 1 unspecified atom stereocenters. The minimum absolute atomic E-state index is 0.0116. The predicted molar refractivity (Wildman–Crippen MR) is 37.2 cm³/mol. The number of aliphatic hydroxyl groups excluding tert-OH is 1. The van der Waals surface area contributed by atoms with Gasteiger partial charge in [0.15, 0.2) is 0 Å². The molecule has 1 saturated heterocycles. The minimum Gasteiger partial charge on any atom is -0.481 e. The Morgan fingerprint density at radius 1 is 1.73 bits per heavy atom. The van der Waals surface area contributed by atoms with Gasteiger partial charge < -0.3 is 14.9 Å². The van der Waals surface area contributed by atoms with Crippen LogP contribution in [0.1, 0.15) is 13.3 Å². The van der Waals surface area contributed by atoms with Gasteiger partial charge in [-0.3, -0.25) is 4.79 Å². The third-order valence-corrected chi connectivity index (χ3v) is 2.04. The molecule has 1 aliphatic heterocycles. The molecular weight excluding hydrogens is 148 g/mol. The lowest BCUT2D eigenvalue weighted by Gasteiger charge is -2.13. The van der Waals surface area contributed by atoms with Gasteiger partial charge in [0.2, 0.25) is 0 Å². The van der Waals surface area contributed by atoms with Crippen LogP contribution in [0, 0.1) is 5.92 Å². The van der Waals surface area contributed by atoms with Crippen LogP contribution in [0.25, 0.3) is 0 Å². The number of carbonyl (C=O) groups is 1. The predicted octanol–water partition coefficient (Wildman–Crippen LogP) is -0.143. The molecule has 0 amide bonds. The van der Waals surface area contributed by atoms with Crippen molar-refractivity contribution in [3.8, 4) is 0 Å². The molecule has 0 aromatic heterocycles. The van der Waals surface area contributed by atoms with Gasteiger partial charge in [0.05, 0.1) is 25.2 Å². The number of carboxylic acids is 1. The van der Waals surface area contributed by atoms with E-state index < -0.39 is 12.1 Å². The van der Waals surface area contributed by atoms with E-state index in [1.165, 1.54) is 0 Å². The van der Waals surface area contributed by atoms with Gasteiger partial charge in [-0.2, -0.15) is 0 Å². The fraction of sp³-hybridized carbons (Fsp3) is 0.857. The summed E-state index contributed by atoms with van der Waals surface area (Å²) < 4.78 is 5.07. The van der Waals surface area contributed by atoms with E-state index >= 15 is 0 Å². The van der Waals surface area contributed by atoms with E-state index in [1.807, 2.05) is 0 Å². The molecule has 2 N–H and O–H groups in total. The molecule has 0 aromatic rings. The number of hydrogen-bond acceptors (Lipinski definition) is 3. The molecule has 3 atom stereocenters. The Hall–Kier alpha value is -0.610. The quantitative estimate of drug-likeness (QED) is 0.590. The topological polar surface area (TPSA) is 66.8 Å². The Labute approximate surface area is 64.8 Å². The first kappa shape index (κ1) is 8.49. The Kier molecular flexibility index (Phi) is 2.46. The highest BCUT2D eigenvalue weighted by atomic mass is 16.5. The molecule has 4 heteroatoms. The summed E-state index contributed by atoms with van der Waals surface area (Å²) in [7, 11) is 0. The van der Waals surface area contributed by atoms with E-state index in [9.17, 15) is 9.90 Å². The van der Waals surface area contributed by atoms with E-state index in [0.717, 1.165) is 0 Å². The lowest BCUT2D eigenvalue weighted by Crippen LogP contribution is -2.24. The van der Waals surface area contributed by atoms with Gasteiger partial charge in [-0.1, -0.05) is 0 Å². The number of hydrogen-bond donors (Lipinski definition) is 2. The van der Waals surface area contributed by atoms with Crippen molar-refractivity contribution < 1.29 is 19.7 Å². The zero-order valence-electron chi connectivity index (χ0n) is 6.36. The van der Waals surface area contributed by atoms with Crippen molar-refractivity contribution in [1.29, 1.82) is 0 Å². The Morgan fingerprint density at radius 2 is 2.36 bits per heavy atom. The molecule has 11 heavy (non-hydrogen) atoms. The maximum atomic E-state index is 10.3. The summed E-state index contributed by atoms with van der Waals surface area (Å²) in [6.45, 7) is 2.04. The maximum Gasteiger partial charge on any atom is 0.303 e. The molecule has 1 aliphatic rings. The van der Waals surface area contributed by atoms with Crippen molar-refractivity contribution in [3.63, 3.8) is 0 Å². The normalized spacial score (nSPS) is 37.5. The fourth-order valence-electron chi connectivity index (χ4n) is 1.31. The van der Waals surface area contributed by atoms with E-state index in [1.54, 1.807) is 6.92 Å². The standard InChI is InChI=1S/C7H12O4/c1-4-5(2-7(9)10)6(8)3-11-4/h4-6,8H,2-3H2,1H3,(H,9,10)/t4?,5-,6-/m0/s1. The lowest BCUT2D eigenvalue weighted by molar-refractivity contribution is -0.139. The lowest BCUT2D eigenvalue weighted by atomic mass is 9.96. The van der Waals surface area contributed by atoms with Crippen molar-refractivity contribution in [2.75, 3.05) is 6.61 Å². The van der Waals surface area contributed by atoms with Crippen molar-refractivity contribution >= 4 is 5.97 Å². The molecule has 0 spiro atoms. The molecular formula is C7H12O4. The van der Waals surface area contributed by atoms with Gasteiger partial charge in [0, 0.05) is 5.92 Å². The van der Waals surface area contributed by atoms with E-state index in [-0.39, 0.29) is 25.0 Å². The zero-order chi connectivity index (χ0) is 8.43. The summed E-state index contributed by atoms with van der Waals surface area (Å²) in [5, 5.41) is 17.7. The van der Waals surface area contributed by atoms with Crippen LogP contribution in [0.4, 0.5) is 0 Å². The van der Waals surface area contributed by atoms with Gasteiger partial charge in [-0.05, 0) is 6.92 Å². The number of ether oxygens (including phenoxy) is 1. The van der Waals surface area contributed by atoms with Crippen LogP contribution in [-0.2, 0) is 9.53 Å². The molecule has 4 nitrogen and oxygen atoms in total. The molecule has 64 valence electrons. The summed E-state index contributed by atoms with van der Waals surface area (Å²) in [6, 6.07) is 0. The molecule has 0 aliphatic carbocycles. The molecule has 1 fully saturated rings. The number of aliphatic hydroxyl groups is 1. The summed E-state index contributed by atoms with van der Waals surface area (Å²) in [6.07, 6.45) is -0.760. The highest BCUT2D eigenvalue weighted by Gasteiger charge is 2.34. The highest BCUT2D eigenvalue weighted by molar-refractivity contribution is 5.67. The second-order valence-corrected chi connectivity index (χ2v) is 2.87. The average molecular weight is 160 g/mol. The molecule has 0 aromatic carbocycles. The first-order valence-corrected chi connectivity index (χ1v) is 3.62. The third-order valence-electron chi connectivity index (χ3n) is 2.04. The first-order valence-electron chi connectivity index (χ1n) is 3.62. The van der Waals surface area contributed by atoms with Gasteiger partial charge >= 0.3 is 5.97 Å². The number of rotatable bonds is 2. The summed E-state index contributed by atoms with van der Waals surface area (Å²) in [5.74, 6) is -1.13. The largest absolute Gasteiger partial charge is 0.481 e. The molecule has 1 heterocycles. The number of aliphatic carboxylic acids is 1. The molecule has 0 saturated carbocycles. The third kappa shape index (κ3) is 1.91. The van der Waals surface area contributed by atoms with Crippen LogP contribution in [-0.4, -0.2) is 35.0 Å². The van der Waals surface area contributed by atoms with Gasteiger partial charge in [0.25, 0.3) is 0 Å². The van der Waals surface area contributed by atoms with Crippen molar-refractivity contribution in [2.24, 2.45) is 5.92 Å². The summed E-state index contributed by atoms with van der Waals surface area (Å²) >= 11 is 0. The molecule has 1 rings (SSSR count). The average Bonchev–Trinajstić information content (AvgIpc) is 2.18. The highest BCUT2D eigenvalue weighted by Crippen LogP contribution is 2.23. The van der Waals surface area contributed by atoms with Gasteiger partial charge in [0.1, 0.15) is 0 Å². The SMILES string of the molecule is CC1OC[C@H](O)[C@H]1CC(=O)O. The van der Waals surface area contributed by atoms with Crippen LogP contribution in [0.5, 0.6) is 0 Å². The Bertz CT molecular complexity index is 147. The second kappa shape index (κ2) is 3.19. The monoisotopic (exact) mass is 160 g/mol. The second-order valence-electron chi connectivity index (χ2n) is 2.87. The minimum atomic E-state index is -0.883. The maximum absolute atomic E-state index is 10.3. The van der Waals surface area contributed by atoms with Crippen LogP contribution >= 0.6 is 0 Å². The van der Waals surface area contributed by atoms with E-state index in [4.69, 9.17) is 9.84 Å². The number of carboxylic acid groups (broad SMARTS) is 1. The van der Waals surface area contributed by atoms with Gasteiger partial charge in [-0.25, -0.2) is 0 Å². The van der Waals surface area contributed by atoms with Gasteiger partial charge in [-0.15, -0.1) is 0 Å². The Morgan fingerprint density at radius 3 is 2.73 bits per heavy atom. The smallest absolute Gasteiger partial charge is 0.303 e. The van der Waals surface area contributed by atoms with Crippen LogP contribution in [0.3, 0.4) is 0 Å². The summed E-state index contributed by atoms with van der Waals surface area (Å²) in [5.41, 5.74) is 0. The Balaban J connectivity index is 2.47. The molecule has 0 bridgehead atoms. The van der Waals surface area contributed by atoms with Crippen molar-refractivity contribution in [1.82, 2.24) is 0 Å². The summed E-state index contributed by atoms with van der Waals surface area (Å²) in [4.78, 5) is 10.3.